The Bertz CT molecular complexity index is 618. The molecular formula is C14H13NO4S. The van der Waals surface area contributed by atoms with Crippen molar-refractivity contribution in [1.82, 2.24) is 0 Å². The average Bonchev–Trinajstić information content (AvgIpc) is 2.88. The van der Waals surface area contributed by atoms with Crippen molar-refractivity contribution in [1.29, 1.82) is 0 Å². The van der Waals surface area contributed by atoms with E-state index >= 15 is 0 Å². The Morgan fingerprint density at radius 1 is 1.25 bits per heavy atom. The first-order valence-corrected chi connectivity index (χ1v) is 6.84. The second kappa shape index (κ2) is 6.21. The Balaban J connectivity index is 2.11. The summed E-state index contributed by atoms with van der Waals surface area (Å²) < 4.78 is 5.29. The smallest absolute Gasteiger partial charge is 0.338 e. The Hall–Kier alpha value is -2.34. The van der Waals surface area contributed by atoms with Gasteiger partial charge in [-0.1, -0.05) is 0 Å². The number of carbonyl (C=O) groups excluding carboxylic acids is 1. The van der Waals surface area contributed by atoms with Crippen molar-refractivity contribution in [2.45, 2.75) is 6.92 Å². The van der Waals surface area contributed by atoms with Gasteiger partial charge in [0.25, 0.3) is 5.91 Å². The summed E-state index contributed by atoms with van der Waals surface area (Å²) in [5.41, 5.74) is 0.535. The van der Waals surface area contributed by atoms with Crippen LogP contribution in [-0.2, 0) is 0 Å². The topological polar surface area (TPSA) is 75.6 Å². The quantitative estimate of drug-likeness (QED) is 0.887. The molecule has 1 aromatic heterocycles. The summed E-state index contributed by atoms with van der Waals surface area (Å²) >= 11 is 1.17. The van der Waals surface area contributed by atoms with Crippen LogP contribution in [0.15, 0.2) is 35.7 Å². The molecule has 6 heteroatoms. The first-order chi connectivity index (χ1) is 9.61. The summed E-state index contributed by atoms with van der Waals surface area (Å²) in [5, 5.41) is 13.5. The molecule has 0 fully saturated rings. The maximum atomic E-state index is 12.0. The molecule has 0 saturated carbocycles. The lowest BCUT2D eigenvalue weighted by atomic mass is 10.2. The van der Waals surface area contributed by atoms with E-state index in [1.807, 2.05) is 6.92 Å². The van der Waals surface area contributed by atoms with Gasteiger partial charge in [-0.2, -0.15) is 0 Å². The Kier molecular flexibility index (Phi) is 4.37. The second-order valence-corrected chi connectivity index (χ2v) is 4.80. The molecule has 5 nitrogen and oxygen atoms in total. The van der Waals surface area contributed by atoms with Crippen molar-refractivity contribution in [3.63, 3.8) is 0 Å². The monoisotopic (exact) mass is 291 g/mol. The van der Waals surface area contributed by atoms with Crippen LogP contribution in [-0.4, -0.2) is 23.6 Å². The number of aromatic carboxylic acids is 1. The maximum absolute atomic E-state index is 12.0. The lowest BCUT2D eigenvalue weighted by Crippen LogP contribution is -2.13. The number of carboxylic acids is 1. The highest BCUT2D eigenvalue weighted by Crippen LogP contribution is 2.24. The van der Waals surface area contributed by atoms with Crippen LogP contribution in [0.4, 0.5) is 5.00 Å². The van der Waals surface area contributed by atoms with Gasteiger partial charge in [0, 0.05) is 5.56 Å². The van der Waals surface area contributed by atoms with Gasteiger partial charge in [0.15, 0.2) is 0 Å². The van der Waals surface area contributed by atoms with Gasteiger partial charge < -0.3 is 15.2 Å². The Morgan fingerprint density at radius 2 is 1.95 bits per heavy atom. The molecule has 0 bridgehead atoms. The molecule has 0 aliphatic heterocycles. The fraction of sp³-hybridized carbons (Fsp3) is 0.143. The Morgan fingerprint density at radius 3 is 2.55 bits per heavy atom. The molecule has 1 aromatic carbocycles. The van der Waals surface area contributed by atoms with Crippen molar-refractivity contribution in [3.8, 4) is 5.75 Å². The van der Waals surface area contributed by atoms with Gasteiger partial charge in [-0.25, -0.2) is 4.79 Å². The number of anilines is 1. The van der Waals surface area contributed by atoms with Gasteiger partial charge in [-0.3, -0.25) is 4.79 Å². The molecule has 2 aromatic rings. The van der Waals surface area contributed by atoms with Crippen LogP contribution in [0.5, 0.6) is 5.75 Å². The van der Waals surface area contributed by atoms with E-state index in [9.17, 15) is 9.59 Å². The summed E-state index contributed by atoms with van der Waals surface area (Å²) in [6.45, 7) is 2.44. The standard InChI is InChI=1S/C14H13NO4S/c1-2-19-10-5-3-9(4-6-10)12(16)15-13-11(14(17)18)7-8-20-13/h3-8H,2H2,1H3,(H,15,16)(H,17,18). The number of benzene rings is 1. The number of nitrogens with one attached hydrogen (secondary N) is 1. The minimum absolute atomic E-state index is 0.0919. The number of amides is 1. The number of thiophene rings is 1. The average molecular weight is 291 g/mol. The van der Waals surface area contributed by atoms with Crippen molar-refractivity contribution in [2.24, 2.45) is 0 Å². The lowest BCUT2D eigenvalue weighted by molar-refractivity contribution is 0.0698. The first kappa shape index (κ1) is 14.1. The van der Waals surface area contributed by atoms with E-state index in [-0.39, 0.29) is 11.5 Å². The van der Waals surface area contributed by atoms with E-state index in [0.29, 0.717) is 22.9 Å². The fourth-order valence-electron chi connectivity index (χ4n) is 1.62. The van der Waals surface area contributed by atoms with Crippen LogP contribution >= 0.6 is 11.3 Å². The van der Waals surface area contributed by atoms with Crippen LogP contribution in [0.25, 0.3) is 0 Å². The van der Waals surface area contributed by atoms with Crippen molar-refractivity contribution < 1.29 is 19.4 Å². The highest BCUT2D eigenvalue weighted by molar-refractivity contribution is 7.14. The maximum Gasteiger partial charge on any atom is 0.338 e. The summed E-state index contributed by atoms with van der Waals surface area (Å²) in [5.74, 6) is -0.724. The summed E-state index contributed by atoms with van der Waals surface area (Å²) in [4.78, 5) is 23.0. The van der Waals surface area contributed by atoms with E-state index in [0.717, 1.165) is 0 Å². The number of hydrogen-bond donors (Lipinski definition) is 2. The third-order valence-corrected chi connectivity index (χ3v) is 3.38. The highest BCUT2D eigenvalue weighted by Gasteiger charge is 2.14. The van der Waals surface area contributed by atoms with Crippen molar-refractivity contribution in [3.05, 3.63) is 46.8 Å². The highest BCUT2D eigenvalue weighted by atomic mass is 32.1. The van der Waals surface area contributed by atoms with Gasteiger partial charge in [0.1, 0.15) is 10.8 Å². The molecule has 104 valence electrons. The zero-order valence-corrected chi connectivity index (χ0v) is 11.6. The van der Waals surface area contributed by atoms with Gasteiger partial charge in [-0.15, -0.1) is 11.3 Å². The molecule has 0 aliphatic carbocycles. The molecular weight excluding hydrogens is 278 g/mol. The fourth-order valence-corrected chi connectivity index (χ4v) is 2.39. The summed E-state index contributed by atoms with van der Waals surface area (Å²) in [6, 6.07) is 8.12. The molecule has 1 heterocycles. The number of carbonyl (C=O) groups is 2. The van der Waals surface area contributed by atoms with E-state index in [1.54, 1.807) is 29.6 Å². The predicted molar refractivity (Wildman–Crippen MR) is 76.8 cm³/mol. The van der Waals surface area contributed by atoms with E-state index in [1.165, 1.54) is 17.4 Å². The molecule has 2 N–H and O–H groups in total. The first-order valence-electron chi connectivity index (χ1n) is 5.96. The zero-order valence-electron chi connectivity index (χ0n) is 10.8. The van der Waals surface area contributed by atoms with Gasteiger partial charge in [0.05, 0.1) is 12.2 Å². The SMILES string of the molecule is CCOc1ccc(C(=O)Nc2sccc2C(=O)O)cc1. The normalized spacial score (nSPS) is 10.1. The molecule has 1 amide bonds. The van der Waals surface area contributed by atoms with E-state index in [4.69, 9.17) is 9.84 Å². The summed E-state index contributed by atoms with van der Waals surface area (Å²) in [7, 11) is 0. The Labute approximate surface area is 119 Å². The minimum atomic E-state index is -1.06. The number of ether oxygens (including phenoxy) is 1. The zero-order chi connectivity index (χ0) is 14.5. The minimum Gasteiger partial charge on any atom is -0.494 e. The molecule has 0 radical (unpaired) electrons. The molecule has 0 saturated heterocycles. The molecule has 0 aliphatic rings. The van der Waals surface area contributed by atoms with Crippen LogP contribution in [0.2, 0.25) is 0 Å². The number of hydrogen-bond acceptors (Lipinski definition) is 4. The number of rotatable bonds is 5. The van der Waals surface area contributed by atoms with Crippen molar-refractivity contribution in [2.75, 3.05) is 11.9 Å². The third kappa shape index (κ3) is 3.16. The molecule has 2 rings (SSSR count). The van der Waals surface area contributed by atoms with Crippen LogP contribution < -0.4 is 10.1 Å². The molecule has 0 spiro atoms. The third-order valence-electron chi connectivity index (χ3n) is 2.55. The second-order valence-electron chi connectivity index (χ2n) is 3.88. The molecule has 0 unspecified atom stereocenters. The van der Waals surface area contributed by atoms with Crippen LogP contribution in [0.3, 0.4) is 0 Å². The predicted octanol–water partition coefficient (Wildman–Crippen LogP) is 3.10. The van der Waals surface area contributed by atoms with Crippen LogP contribution in [0, 0.1) is 0 Å². The number of carboxylic acid groups (broad SMARTS) is 1. The lowest BCUT2D eigenvalue weighted by Gasteiger charge is -2.06. The van der Waals surface area contributed by atoms with Crippen molar-refractivity contribution >= 4 is 28.2 Å². The van der Waals surface area contributed by atoms with E-state index in [2.05, 4.69) is 5.32 Å². The van der Waals surface area contributed by atoms with Gasteiger partial charge in [-0.05, 0) is 42.6 Å². The largest absolute Gasteiger partial charge is 0.494 e. The van der Waals surface area contributed by atoms with Crippen LogP contribution in [0.1, 0.15) is 27.6 Å². The molecule has 0 atom stereocenters. The summed E-state index contributed by atoms with van der Waals surface area (Å²) in [6.07, 6.45) is 0. The van der Waals surface area contributed by atoms with Gasteiger partial charge in [0.2, 0.25) is 0 Å². The van der Waals surface area contributed by atoms with E-state index < -0.39 is 5.97 Å². The molecule has 20 heavy (non-hydrogen) atoms. The van der Waals surface area contributed by atoms with Gasteiger partial charge >= 0.3 is 5.97 Å².